The van der Waals surface area contributed by atoms with E-state index in [-0.39, 0.29) is 0 Å². The summed E-state index contributed by atoms with van der Waals surface area (Å²) in [5, 5.41) is 5.04. The highest BCUT2D eigenvalue weighted by Gasteiger charge is 2.42. The molecule has 0 saturated carbocycles. The molecule has 0 aliphatic carbocycles. The third-order valence-corrected chi connectivity index (χ3v) is 3.38. The van der Waals surface area contributed by atoms with Crippen LogP contribution in [0.3, 0.4) is 0 Å². The molecule has 3 rings (SSSR count). The number of nitrogens with zero attached hydrogens (tertiary/aromatic N) is 2. The van der Waals surface area contributed by atoms with Crippen molar-refractivity contribution in [2.75, 3.05) is 11.9 Å². The fourth-order valence-corrected chi connectivity index (χ4v) is 2.26. The van der Waals surface area contributed by atoms with Crippen LogP contribution in [0, 0.1) is 0 Å². The van der Waals surface area contributed by atoms with Gasteiger partial charge in [0.15, 0.2) is 5.82 Å². The van der Waals surface area contributed by atoms with Gasteiger partial charge in [0.25, 0.3) is 5.92 Å². The number of rotatable bonds is 3. The van der Waals surface area contributed by atoms with Crippen molar-refractivity contribution in [1.29, 1.82) is 0 Å². The van der Waals surface area contributed by atoms with E-state index in [0.717, 1.165) is 5.56 Å². The summed E-state index contributed by atoms with van der Waals surface area (Å²) < 4.78 is 26.1. The first-order valence-corrected chi connectivity index (χ1v) is 6.83. The highest BCUT2D eigenvalue weighted by molar-refractivity contribution is 5.94. The summed E-state index contributed by atoms with van der Waals surface area (Å²) in [6.07, 6.45) is 2.42. The van der Waals surface area contributed by atoms with Crippen LogP contribution in [0.2, 0.25) is 0 Å². The molecule has 1 aliphatic heterocycles. The highest BCUT2D eigenvalue weighted by Crippen LogP contribution is 2.25. The lowest BCUT2D eigenvalue weighted by Gasteiger charge is -2.11. The Bertz CT molecular complexity index is 661. The number of amides is 1. The number of alkyl halides is 2. The van der Waals surface area contributed by atoms with Gasteiger partial charge in [-0.1, -0.05) is 30.3 Å². The molecule has 22 heavy (non-hydrogen) atoms. The van der Waals surface area contributed by atoms with Gasteiger partial charge in [-0.2, -0.15) is 0 Å². The number of aromatic nitrogens is 2. The number of hydrogen-bond acceptors (Lipinski definition) is 4. The van der Waals surface area contributed by atoms with Crippen molar-refractivity contribution >= 4 is 11.6 Å². The Morgan fingerprint density at radius 3 is 2.50 bits per heavy atom. The minimum absolute atomic E-state index is 0.377. The van der Waals surface area contributed by atoms with Gasteiger partial charge in [-0.15, -0.1) is 0 Å². The molecule has 7 heteroatoms. The lowest BCUT2D eigenvalue weighted by molar-refractivity contribution is -0.118. The predicted octanol–water partition coefficient (Wildman–Crippen LogP) is 2.08. The smallest absolute Gasteiger partial charge is 0.262 e. The summed E-state index contributed by atoms with van der Waals surface area (Å²) in [6.45, 7) is -0.478. The molecule has 1 unspecified atom stereocenters. The van der Waals surface area contributed by atoms with Crippen LogP contribution >= 0.6 is 0 Å². The van der Waals surface area contributed by atoms with Gasteiger partial charge in [0.2, 0.25) is 5.91 Å². The molecular weight excluding hydrogens is 290 g/mol. The fourth-order valence-electron chi connectivity index (χ4n) is 2.26. The number of benzene rings is 1. The van der Waals surface area contributed by atoms with E-state index in [9.17, 15) is 13.6 Å². The Labute approximate surface area is 125 Å². The highest BCUT2D eigenvalue weighted by atomic mass is 19.3. The van der Waals surface area contributed by atoms with E-state index in [0.29, 0.717) is 11.5 Å². The van der Waals surface area contributed by atoms with Crippen LogP contribution in [0.15, 0.2) is 42.7 Å². The third kappa shape index (κ3) is 3.25. The van der Waals surface area contributed by atoms with Gasteiger partial charge in [-0.25, -0.2) is 18.7 Å². The standard InChI is InChI=1S/C15H14F2N4O/c16-15(17)6-12(20-9-15)14(22)21-11-7-18-13(19-8-11)10-4-2-1-3-5-10/h1-5,7-8,12,20H,6,9H2,(H,21,22). The first kappa shape index (κ1) is 14.5. The maximum Gasteiger partial charge on any atom is 0.262 e. The maximum atomic E-state index is 13.1. The Morgan fingerprint density at radius 1 is 1.23 bits per heavy atom. The van der Waals surface area contributed by atoms with E-state index in [1.54, 1.807) is 0 Å². The lowest BCUT2D eigenvalue weighted by Crippen LogP contribution is -2.35. The quantitative estimate of drug-likeness (QED) is 0.911. The lowest BCUT2D eigenvalue weighted by atomic mass is 10.2. The van der Waals surface area contributed by atoms with Gasteiger partial charge < -0.3 is 5.32 Å². The molecule has 0 bridgehead atoms. The minimum atomic E-state index is -2.84. The third-order valence-electron chi connectivity index (χ3n) is 3.38. The molecule has 5 nitrogen and oxygen atoms in total. The second-order valence-electron chi connectivity index (χ2n) is 5.14. The van der Waals surface area contributed by atoms with Gasteiger partial charge in [0.1, 0.15) is 0 Å². The second-order valence-corrected chi connectivity index (χ2v) is 5.14. The normalized spacial score (nSPS) is 19.8. The van der Waals surface area contributed by atoms with Crippen molar-refractivity contribution in [1.82, 2.24) is 15.3 Å². The fraction of sp³-hybridized carbons (Fsp3) is 0.267. The summed E-state index contributed by atoms with van der Waals surface area (Å²) in [6, 6.07) is 8.49. The average molecular weight is 304 g/mol. The number of hydrogen-bond donors (Lipinski definition) is 2. The van der Waals surface area contributed by atoms with Gasteiger partial charge in [0, 0.05) is 12.0 Å². The average Bonchev–Trinajstić information content (AvgIpc) is 2.89. The number of carbonyl (C=O) groups is 1. The number of anilines is 1. The van der Waals surface area contributed by atoms with Crippen LogP contribution in [0.4, 0.5) is 14.5 Å². The van der Waals surface area contributed by atoms with Crippen LogP contribution in [0.25, 0.3) is 11.4 Å². The molecule has 2 heterocycles. The van der Waals surface area contributed by atoms with Crippen molar-refractivity contribution in [2.24, 2.45) is 0 Å². The molecule has 1 aromatic carbocycles. The first-order chi connectivity index (χ1) is 10.5. The van der Waals surface area contributed by atoms with E-state index < -0.39 is 30.8 Å². The van der Waals surface area contributed by atoms with Crippen molar-refractivity contribution in [2.45, 2.75) is 18.4 Å². The molecule has 2 aromatic rings. The van der Waals surface area contributed by atoms with Gasteiger partial charge in [-0.05, 0) is 0 Å². The predicted molar refractivity (Wildman–Crippen MR) is 77.5 cm³/mol. The summed E-state index contributed by atoms with van der Waals surface area (Å²) in [4.78, 5) is 20.2. The summed E-state index contributed by atoms with van der Waals surface area (Å²) in [5.74, 6) is -2.81. The van der Waals surface area contributed by atoms with Crippen LogP contribution < -0.4 is 10.6 Å². The topological polar surface area (TPSA) is 66.9 Å². The van der Waals surface area contributed by atoms with E-state index in [4.69, 9.17) is 0 Å². The van der Waals surface area contributed by atoms with Gasteiger partial charge in [-0.3, -0.25) is 10.1 Å². The van der Waals surface area contributed by atoms with Gasteiger partial charge in [0.05, 0.1) is 30.7 Å². The molecule has 114 valence electrons. The monoisotopic (exact) mass is 304 g/mol. The van der Waals surface area contributed by atoms with Gasteiger partial charge >= 0.3 is 0 Å². The van der Waals surface area contributed by atoms with E-state index in [1.807, 2.05) is 30.3 Å². The zero-order chi connectivity index (χ0) is 15.6. The number of nitrogens with one attached hydrogen (secondary N) is 2. The second kappa shape index (κ2) is 5.76. The van der Waals surface area contributed by atoms with Crippen molar-refractivity contribution in [3.63, 3.8) is 0 Å². The molecule has 1 saturated heterocycles. The van der Waals surface area contributed by atoms with Crippen LogP contribution in [0.5, 0.6) is 0 Å². The Hall–Kier alpha value is -2.41. The largest absolute Gasteiger partial charge is 0.322 e. The molecule has 1 fully saturated rings. The zero-order valence-corrected chi connectivity index (χ0v) is 11.6. The zero-order valence-electron chi connectivity index (χ0n) is 11.6. The Balaban J connectivity index is 1.65. The summed E-state index contributed by atoms with van der Waals surface area (Å²) in [7, 11) is 0. The van der Waals surface area contributed by atoms with Crippen LogP contribution in [-0.4, -0.2) is 34.4 Å². The Kier molecular flexibility index (Phi) is 3.81. The molecule has 1 atom stereocenters. The van der Waals surface area contributed by atoms with Crippen LogP contribution in [-0.2, 0) is 4.79 Å². The summed E-state index contributed by atoms with van der Waals surface area (Å²) in [5.41, 5.74) is 1.24. The molecule has 1 aliphatic rings. The molecule has 1 amide bonds. The van der Waals surface area contributed by atoms with Crippen molar-refractivity contribution in [3.8, 4) is 11.4 Å². The van der Waals surface area contributed by atoms with Crippen LogP contribution in [0.1, 0.15) is 6.42 Å². The van der Waals surface area contributed by atoms with Crippen molar-refractivity contribution < 1.29 is 13.6 Å². The van der Waals surface area contributed by atoms with E-state index in [1.165, 1.54) is 12.4 Å². The van der Waals surface area contributed by atoms with E-state index in [2.05, 4.69) is 20.6 Å². The van der Waals surface area contributed by atoms with E-state index >= 15 is 0 Å². The first-order valence-electron chi connectivity index (χ1n) is 6.83. The summed E-state index contributed by atoms with van der Waals surface area (Å²) >= 11 is 0. The maximum absolute atomic E-state index is 13.1. The molecule has 0 spiro atoms. The molecule has 0 radical (unpaired) electrons. The molecule has 2 N–H and O–H groups in total. The minimum Gasteiger partial charge on any atom is -0.322 e. The number of halogens is 2. The SMILES string of the molecule is O=C(Nc1cnc(-c2ccccc2)nc1)C1CC(F)(F)CN1. The molecular formula is C15H14F2N4O. The Morgan fingerprint density at radius 2 is 1.91 bits per heavy atom. The van der Waals surface area contributed by atoms with Crippen molar-refractivity contribution in [3.05, 3.63) is 42.7 Å². The molecule has 1 aromatic heterocycles. The number of carbonyl (C=O) groups excluding carboxylic acids is 1.